The van der Waals surface area contributed by atoms with Gasteiger partial charge in [0.25, 0.3) is 5.91 Å². The van der Waals surface area contributed by atoms with Crippen LogP contribution in [0, 0.1) is 5.82 Å². The normalized spacial score (nSPS) is 14.4. The van der Waals surface area contributed by atoms with Gasteiger partial charge in [-0.05, 0) is 49.2 Å². The molecule has 1 N–H and O–H groups in total. The second kappa shape index (κ2) is 7.81. The fourth-order valence-corrected chi connectivity index (χ4v) is 4.82. The zero-order valence-corrected chi connectivity index (χ0v) is 17.5. The molecule has 9 heteroatoms. The summed E-state index contributed by atoms with van der Waals surface area (Å²) in [7, 11) is -4.03. The predicted octanol–water partition coefficient (Wildman–Crippen LogP) is 4.13. The Hall–Kier alpha value is -2.78. The molecule has 1 heterocycles. The third-order valence-corrected chi connectivity index (χ3v) is 7.17. The highest BCUT2D eigenvalue weighted by Gasteiger charge is 2.29. The van der Waals surface area contributed by atoms with Crippen molar-refractivity contribution in [1.82, 2.24) is 9.29 Å². The molecule has 1 aliphatic rings. The van der Waals surface area contributed by atoms with Gasteiger partial charge in [-0.1, -0.05) is 13.8 Å². The first kappa shape index (κ1) is 20.5. The van der Waals surface area contributed by atoms with Crippen molar-refractivity contribution in [3.8, 4) is 0 Å². The summed E-state index contributed by atoms with van der Waals surface area (Å²) in [6, 6.07) is 8.42. The van der Waals surface area contributed by atoms with Crippen LogP contribution < -0.4 is 5.32 Å². The Bertz CT molecular complexity index is 1210. The number of halogens is 1. The van der Waals surface area contributed by atoms with E-state index in [0.717, 1.165) is 29.3 Å². The van der Waals surface area contributed by atoms with Crippen molar-refractivity contribution >= 4 is 32.7 Å². The smallest absolute Gasteiger partial charge is 0.255 e. The van der Waals surface area contributed by atoms with Crippen LogP contribution in [0.4, 0.5) is 10.1 Å². The highest BCUT2D eigenvalue weighted by molar-refractivity contribution is 7.89. The van der Waals surface area contributed by atoms with Gasteiger partial charge in [0, 0.05) is 30.3 Å². The van der Waals surface area contributed by atoms with Crippen molar-refractivity contribution in [2.45, 2.75) is 37.5 Å². The van der Waals surface area contributed by atoms with Crippen LogP contribution in [0.25, 0.3) is 11.1 Å². The van der Waals surface area contributed by atoms with E-state index in [-0.39, 0.29) is 18.7 Å². The lowest BCUT2D eigenvalue weighted by Crippen LogP contribution is -2.31. The summed E-state index contributed by atoms with van der Waals surface area (Å²) in [6.45, 7) is 3.75. The van der Waals surface area contributed by atoms with Gasteiger partial charge in [0.2, 0.25) is 10.0 Å². The van der Waals surface area contributed by atoms with E-state index >= 15 is 0 Å². The van der Waals surface area contributed by atoms with Gasteiger partial charge in [-0.3, -0.25) is 4.79 Å². The molecule has 1 saturated carbocycles. The van der Waals surface area contributed by atoms with E-state index in [4.69, 9.17) is 4.42 Å². The molecule has 30 heavy (non-hydrogen) atoms. The number of fused-ring (bicyclic) bond motifs is 1. The standard InChI is InChI=1S/C21H22FN3O4S/c1-3-25(4-2)30(27,28)19-11-14(7-9-16(19)22)20(26)23-15-8-10-18-17(12-15)24-21(29-18)13-5-6-13/h7-13H,3-6H2,1-2H3,(H,23,26). The van der Waals surface area contributed by atoms with Crippen LogP contribution >= 0.6 is 0 Å². The number of oxazole rings is 1. The van der Waals surface area contributed by atoms with Crippen molar-refractivity contribution in [3.63, 3.8) is 0 Å². The van der Waals surface area contributed by atoms with Crippen LogP contribution in [0.1, 0.15) is 48.9 Å². The van der Waals surface area contributed by atoms with Crippen molar-refractivity contribution in [2.75, 3.05) is 18.4 Å². The van der Waals surface area contributed by atoms with Crippen LogP contribution in [0.15, 0.2) is 45.7 Å². The Labute approximate surface area is 173 Å². The average Bonchev–Trinajstić information content (AvgIpc) is 3.48. The largest absolute Gasteiger partial charge is 0.440 e. The highest BCUT2D eigenvalue weighted by Crippen LogP contribution is 2.40. The minimum Gasteiger partial charge on any atom is -0.440 e. The van der Waals surface area contributed by atoms with E-state index in [1.165, 1.54) is 6.07 Å². The fourth-order valence-electron chi connectivity index (χ4n) is 3.28. The first-order valence-corrected chi connectivity index (χ1v) is 11.3. The number of anilines is 1. The summed E-state index contributed by atoms with van der Waals surface area (Å²) in [5, 5.41) is 2.71. The summed E-state index contributed by atoms with van der Waals surface area (Å²) >= 11 is 0. The van der Waals surface area contributed by atoms with Gasteiger partial charge in [-0.2, -0.15) is 4.31 Å². The summed E-state index contributed by atoms with van der Waals surface area (Å²) in [4.78, 5) is 16.6. The molecule has 1 fully saturated rings. The maximum absolute atomic E-state index is 14.3. The molecule has 0 atom stereocenters. The van der Waals surface area contributed by atoms with E-state index < -0.39 is 26.6 Å². The van der Waals surface area contributed by atoms with Crippen LogP contribution in [-0.4, -0.2) is 36.7 Å². The third-order valence-electron chi connectivity index (χ3n) is 5.11. The second-order valence-electron chi connectivity index (χ2n) is 7.20. The number of benzene rings is 2. The third kappa shape index (κ3) is 3.82. The molecule has 3 aromatic rings. The number of nitrogens with zero attached hydrogens (tertiary/aromatic N) is 2. The second-order valence-corrected chi connectivity index (χ2v) is 9.10. The molecule has 0 saturated heterocycles. The Morgan fingerprint density at radius 2 is 1.93 bits per heavy atom. The molecule has 1 aromatic heterocycles. The van der Waals surface area contributed by atoms with Gasteiger partial charge in [-0.25, -0.2) is 17.8 Å². The van der Waals surface area contributed by atoms with Gasteiger partial charge < -0.3 is 9.73 Å². The zero-order valence-electron chi connectivity index (χ0n) is 16.7. The summed E-state index contributed by atoms with van der Waals surface area (Å²) in [5.74, 6) is -0.356. The number of hydrogen-bond donors (Lipinski definition) is 1. The molecule has 158 valence electrons. The van der Waals surface area contributed by atoms with Crippen molar-refractivity contribution in [2.24, 2.45) is 0 Å². The monoisotopic (exact) mass is 431 g/mol. The van der Waals surface area contributed by atoms with Crippen LogP contribution in [0.3, 0.4) is 0 Å². The molecule has 0 bridgehead atoms. The summed E-state index contributed by atoms with van der Waals surface area (Å²) in [6.07, 6.45) is 2.14. The van der Waals surface area contributed by atoms with E-state index in [1.807, 2.05) is 0 Å². The first-order chi connectivity index (χ1) is 14.3. The molecule has 0 unspecified atom stereocenters. The summed E-state index contributed by atoms with van der Waals surface area (Å²) in [5.41, 5.74) is 1.81. The van der Waals surface area contributed by atoms with Crippen molar-refractivity contribution in [3.05, 3.63) is 53.7 Å². The maximum Gasteiger partial charge on any atom is 0.255 e. The maximum atomic E-state index is 14.3. The molecule has 1 amide bonds. The fraction of sp³-hybridized carbons (Fsp3) is 0.333. The molecule has 0 spiro atoms. The lowest BCUT2D eigenvalue weighted by Gasteiger charge is -2.19. The number of rotatable bonds is 7. The molecular weight excluding hydrogens is 409 g/mol. The highest BCUT2D eigenvalue weighted by atomic mass is 32.2. The summed E-state index contributed by atoms with van der Waals surface area (Å²) < 4.78 is 46.5. The van der Waals surface area contributed by atoms with Crippen LogP contribution in [0.2, 0.25) is 0 Å². The lowest BCUT2D eigenvalue weighted by atomic mass is 10.2. The molecule has 2 aromatic carbocycles. The minimum atomic E-state index is -4.03. The first-order valence-electron chi connectivity index (χ1n) is 9.85. The van der Waals surface area contributed by atoms with Gasteiger partial charge in [-0.15, -0.1) is 0 Å². The van der Waals surface area contributed by atoms with Gasteiger partial charge in [0.15, 0.2) is 11.5 Å². The number of carbonyl (C=O) groups is 1. The number of sulfonamides is 1. The molecule has 7 nitrogen and oxygen atoms in total. The number of carbonyl (C=O) groups excluding carboxylic acids is 1. The quantitative estimate of drug-likeness (QED) is 0.607. The topological polar surface area (TPSA) is 92.5 Å². The predicted molar refractivity (Wildman–Crippen MR) is 110 cm³/mol. The van der Waals surface area contributed by atoms with Gasteiger partial charge in [0.1, 0.15) is 16.2 Å². The van der Waals surface area contributed by atoms with Crippen LogP contribution in [-0.2, 0) is 10.0 Å². The van der Waals surface area contributed by atoms with Crippen molar-refractivity contribution < 1.29 is 22.0 Å². The molecule has 1 aliphatic carbocycles. The number of hydrogen-bond acceptors (Lipinski definition) is 5. The van der Waals surface area contributed by atoms with E-state index in [0.29, 0.717) is 28.6 Å². The van der Waals surface area contributed by atoms with E-state index in [9.17, 15) is 17.6 Å². The SMILES string of the molecule is CCN(CC)S(=O)(=O)c1cc(C(=O)Nc2ccc3oc(C4CC4)nc3c2)ccc1F. The Balaban J connectivity index is 1.60. The van der Waals surface area contributed by atoms with Gasteiger partial charge >= 0.3 is 0 Å². The molecule has 0 radical (unpaired) electrons. The zero-order chi connectivity index (χ0) is 21.5. The van der Waals surface area contributed by atoms with E-state index in [2.05, 4.69) is 10.3 Å². The van der Waals surface area contributed by atoms with Crippen LogP contribution in [0.5, 0.6) is 0 Å². The number of nitrogens with one attached hydrogen (secondary N) is 1. The lowest BCUT2D eigenvalue weighted by molar-refractivity contribution is 0.102. The van der Waals surface area contributed by atoms with Crippen molar-refractivity contribution in [1.29, 1.82) is 0 Å². The van der Waals surface area contributed by atoms with E-state index in [1.54, 1.807) is 32.0 Å². The average molecular weight is 431 g/mol. The molecule has 4 rings (SSSR count). The Kier molecular flexibility index (Phi) is 5.33. The van der Waals surface area contributed by atoms with Gasteiger partial charge in [0.05, 0.1) is 0 Å². The number of amides is 1. The number of aromatic nitrogens is 1. The molecule has 0 aliphatic heterocycles. The minimum absolute atomic E-state index is 0.0426. The Morgan fingerprint density at radius 3 is 2.60 bits per heavy atom. The Morgan fingerprint density at radius 1 is 1.20 bits per heavy atom. The molecular formula is C21H22FN3O4S.